The zero-order chi connectivity index (χ0) is 13.7. The number of hydrogen-bond acceptors (Lipinski definition) is 0. The van der Waals surface area contributed by atoms with E-state index < -0.39 is 0 Å². The highest BCUT2D eigenvalue weighted by molar-refractivity contribution is 9.09. The number of rotatable bonds is 5. The Morgan fingerprint density at radius 3 is 2.21 bits per heavy atom. The number of benzene rings is 2. The quantitative estimate of drug-likeness (QED) is 0.671. The van der Waals surface area contributed by atoms with E-state index in [2.05, 4.69) is 47.1 Å². The van der Waals surface area contributed by atoms with Crippen LogP contribution in [0.15, 0.2) is 48.5 Å². The summed E-state index contributed by atoms with van der Waals surface area (Å²) in [5.74, 6) is 0.0609. The summed E-state index contributed by atoms with van der Waals surface area (Å²) >= 11 is 3.51. The topological polar surface area (TPSA) is 0 Å². The van der Waals surface area contributed by atoms with Crippen molar-refractivity contribution in [3.8, 4) is 0 Å². The monoisotopic (exact) mass is 320 g/mol. The zero-order valence-electron chi connectivity index (χ0n) is 11.1. The molecule has 2 heteroatoms. The van der Waals surface area contributed by atoms with Crippen LogP contribution in [0.5, 0.6) is 0 Å². The Balaban J connectivity index is 2.17. The van der Waals surface area contributed by atoms with Crippen molar-refractivity contribution in [3.05, 3.63) is 71.0 Å². The molecule has 0 N–H and O–H groups in total. The van der Waals surface area contributed by atoms with Gasteiger partial charge >= 0.3 is 0 Å². The Labute approximate surface area is 122 Å². The van der Waals surface area contributed by atoms with Gasteiger partial charge in [-0.05, 0) is 35.6 Å². The van der Waals surface area contributed by atoms with E-state index in [1.807, 2.05) is 12.1 Å². The van der Waals surface area contributed by atoms with Crippen LogP contribution in [-0.2, 0) is 12.8 Å². The molecular formula is C17H18BrF. The van der Waals surface area contributed by atoms with Crippen LogP contribution in [0.4, 0.5) is 4.39 Å². The molecule has 2 rings (SSSR count). The average molecular weight is 321 g/mol. The molecular weight excluding hydrogens is 303 g/mol. The van der Waals surface area contributed by atoms with Gasteiger partial charge in [0.15, 0.2) is 0 Å². The number of halogens is 2. The Hall–Kier alpha value is -1.15. The fourth-order valence-corrected chi connectivity index (χ4v) is 2.83. The van der Waals surface area contributed by atoms with Crippen molar-refractivity contribution in [1.29, 1.82) is 0 Å². The molecule has 19 heavy (non-hydrogen) atoms. The van der Waals surface area contributed by atoms with Crippen molar-refractivity contribution in [1.82, 2.24) is 0 Å². The lowest BCUT2D eigenvalue weighted by Gasteiger charge is -2.15. The largest absolute Gasteiger partial charge is 0.207 e. The van der Waals surface area contributed by atoms with Crippen LogP contribution in [0, 0.1) is 5.82 Å². The highest BCUT2D eigenvalue weighted by Crippen LogP contribution is 2.25. The summed E-state index contributed by atoms with van der Waals surface area (Å²) in [6.07, 6.45) is 1.91. The van der Waals surface area contributed by atoms with E-state index in [9.17, 15) is 4.39 Å². The Morgan fingerprint density at radius 2 is 1.63 bits per heavy atom. The van der Waals surface area contributed by atoms with E-state index in [4.69, 9.17) is 0 Å². The summed E-state index contributed by atoms with van der Waals surface area (Å²) in [5.41, 5.74) is 3.38. The van der Waals surface area contributed by atoms with E-state index in [-0.39, 0.29) is 11.7 Å². The molecule has 0 amide bonds. The molecule has 0 aliphatic heterocycles. The van der Waals surface area contributed by atoms with Gasteiger partial charge in [-0.2, -0.15) is 0 Å². The van der Waals surface area contributed by atoms with Crippen molar-refractivity contribution in [2.24, 2.45) is 0 Å². The van der Waals surface area contributed by atoms with Crippen molar-refractivity contribution in [2.45, 2.75) is 25.7 Å². The van der Waals surface area contributed by atoms with Gasteiger partial charge in [0.2, 0.25) is 0 Å². The number of alkyl halides is 1. The van der Waals surface area contributed by atoms with Gasteiger partial charge in [-0.15, -0.1) is 0 Å². The fourth-order valence-electron chi connectivity index (χ4n) is 2.25. The minimum Gasteiger partial charge on any atom is -0.207 e. The summed E-state index contributed by atoms with van der Waals surface area (Å²) in [4.78, 5) is 0. The predicted octanol–water partition coefficient (Wildman–Crippen LogP) is 5.11. The van der Waals surface area contributed by atoms with Gasteiger partial charge in [0.05, 0.1) is 0 Å². The minimum absolute atomic E-state index is 0.114. The summed E-state index contributed by atoms with van der Waals surface area (Å²) in [5, 5.41) is 0.767. The van der Waals surface area contributed by atoms with Gasteiger partial charge in [-0.3, -0.25) is 0 Å². The molecule has 0 aliphatic rings. The summed E-state index contributed by atoms with van der Waals surface area (Å²) in [7, 11) is 0. The van der Waals surface area contributed by atoms with E-state index in [0.29, 0.717) is 0 Å². The molecule has 100 valence electrons. The molecule has 1 unspecified atom stereocenters. The van der Waals surface area contributed by atoms with Crippen molar-refractivity contribution >= 4 is 15.9 Å². The van der Waals surface area contributed by atoms with Gasteiger partial charge in [-0.25, -0.2) is 4.39 Å². The van der Waals surface area contributed by atoms with Gasteiger partial charge in [0, 0.05) is 11.2 Å². The van der Waals surface area contributed by atoms with Crippen LogP contribution in [0.2, 0.25) is 0 Å². The normalized spacial score (nSPS) is 12.4. The third-order valence-corrected chi connectivity index (χ3v) is 4.23. The van der Waals surface area contributed by atoms with E-state index in [1.54, 1.807) is 6.07 Å². The molecule has 0 saturated heterocycles. The van der Waals surface area contributed by atoms with Crippen LogP contribution >= 0.6 is 15.9 Å². The Morgan fingerprint density at radius 1 is 1.00 bits per heavy atom. The molecule has 0 spiro atoms. The summed E-state index contributed by atoms with van der Waals surface area (Å²) in [6, 6.07) is 15.6. The Bertz CT molecular complexity index is 519. The van der Waals surface area contributed by atoms with Crippen molar-refractivity contribution < 1.29 is 4.39 Å². The second-order valence-electron chi connectivity index (χ2n) is 4.75. The lowest BCUT2D eigenvalue weighted by Crippen LogP contribution is -2.06. The van der Waals surface area contributed by atoms with Gasteiger partial charge in [0.25, 0.3) is 0 Å². The summed E-state index contributed by atoms with van der Waals surface area (Å²) in [6.45, 7) is 2.15. The highest BCUT2D eigenvalue weighted by atomic mass is 79.9. The smallest absolute Gasteiger partial charge is 0.126 e. The Kier molecular flexibility index (Phi) is 5.15. The van der Waals surface area contributed by atoms with Crippen LogP contribution in [0.3, 0.4) is 0 Å². The molecule has 2 aromatic carbocycles. The van der Waals surface area contributed by atoms with Gasteiger partial charge in [-0.1, -0.05) is 65.3 Å². The third kappa shape index (κ3) is 3.66. The van der Waals surface area contributed by atoms with E-state index >= 15 is 0 Å². The lowest BCUT2D eigenvalue weighted by atomic mass is 9.93. The molecule has 0 aliphatic carbocycles. The second-order valence-corrected chi connectivity index (χ2v) is 5.39. The second kappa shape index (κ2) is 6.85. The maximum absolute atomic E-state index is 13.8. The maximum Gasteiger partial charge on any atom is 0.126 e. The molecule has 0 fully saturated rings. The van der Waals surface area contributed by atoms with Crippen LogP contribution < -0.4 is 0 Å². The first-order valence-electron chi connectivity index (χ1n) is 6.62. The number of aryl methyl sites for hydroxylation is 1. The average Bonchev–Trinajstić information content (AvgIpc) is 2.46. The van der Waals surface area contributed by atoms with Crippen LogP contribution in [0.25, 0.3) is 0 Å². The van der Waals surface area contributed by atoms with E-state index in [1.165, 1.54) is 17.2 Å². The molecule has 0 nitrogen and oxygen atoms in total. The molecule has 0 saturated carbocycles. The first-order chi connectivity index (χ1) is 9.24. The van der Waals surface area contributed by atoms with Crippen LogP contribution in [-0.4, -0.2) is 5.33 Å². The van der Waals surface area contributed by atoms with Crippen molar-refractivity contribution in [3.63, 3.8) is 0 Å². The van der Waals surface area contributed by atoms with E-state index in [0.717, 1.165) is 23.7 Å². The minimum atomic E-state index is -0.114. The molecule has 2 aromatic rings. The summed E-state index contributed by atoms with van der Waals surface area (Å²) < 4.78 is 13.8. The standard InChI is InChI=1S/C17H18BrF/c1-2-13-7-9-14(10-8-13)11-15(12-18)16-5-3-4-6-17(16)19/h3-10,15H,2,11-12H2,1H3. The van der Waals surface area contributed by atoms with Crippen LogP contribution in [0.1, 0.15) is 29.5 Å². The number of hydrogen-bond donors (Lipinski definition) is 0. The first kappa shape index (κ1) is 14.3. The first-order valence-corrected chi connectivity index (χ1v) is 7.75. The predicted molar refractivity (Wildman–Crippen MR) is 82.5 cm³/mol. The lowest BCUT2D eigenvalue weighted by molar-refractivity contribution is 0.590. The molecule has 0 heterocycles. The van der Waals surface area contributed by atoms with Gasteiger partial charge in [0.1, 0.15) is 5.82 Å². The fraction of sp³-hybridized carbons (Fsp3) is 0.294. The zero-order valence-corrected chi connectivity index (χ0v) is 12.7. The third-order valence-electron chi connectivity index (χ3n) is 3.44. The molecule has 0 radical (unpaired) electrons. The van der Waals surface area contributed by atoms with Gasteiger partial charge < -0.3 is 0 Å². The molecule has 0 bridgehead atoms. The molecule has 0 aromatic heterocycles. The highest BCUT2D eigenvalue weighted by Gasteiger charge is 2.14. The van der Waals surface area contributed by atoms with Crippen molar-refractivity contribution in [2.75, 3.05) is 5.33 Å². The maximum atomic E-state index is 13.8. The molecule has 1 atom stereocenters. The SMILES string of the molecule is CCc1ccc(CC(CBr)c2ccccc2F)cc1.